The van der Waals surface area contributed by atoms with Crippen LogP contribution in [-0.2, 0) is 9.53 Å². The number of hydrogen-bond acceptors (Lipinski definition) is 3. The molecular weight excluding hydrogens is 253 g/mol. The summed E-state index contributed by atoms with van der Waals surface area (Å²) in [5.41, 5.74) is 0. The first-order chi connectivity index (χ1) is 8.29. The molecule has 18 heavy (non-hydrogen) atoms. The van der Waals surface area contributed by atoms with Crippen LogP contribution in [0.3, 0.4) is 0 Å². The summed E-state index contributed by atoms with van der Waals surface area (Å²) in [5.74, 6) is -0.279. The summed E-state index contributed by atoms with van der Waals surface area (Å²) in [6, 6.07) is 0. The molecule has 1 rings (SSSR count). The quantitative estimate of drug-likeness (QED) is 0.773. The van der Waals surface area contributed by atoms with Crippen molar-refractivity contribution in [1.29, 1.82) is 0 Å². The minimum Gasteiger partial charge on any atom is -0.440 e. The topological polar surface area (TPSA) is 49.9 Å². The van der Waals surface area contributed by atoms with Crippen LogP contribution in [0.15, 0.2) is 0 Å². The van der Waals surface area contributed by atoms with Crippen molar-refractivity contribution >= 4 is 12.0 Å². The summed E-state index contributed by atoms with van der Waals surface area (Å²) in [6.45, 7) is -0.653. The van der Waals surface area contributed by atoms with Crippen molar-refractivity contribution in [1.82, 2.24) is 9.80 Å². The van der Waals surface area contributed by atoms with Crippen LogP contribution in [0, 0.1) is 0 Å². The smallest absolute Gasteiger partial charge is 0.422 e. The number of halogens is 3. The van der Waals surface area contributed by atoms with Gasteiger partial charge in [-0.15, -0.1) is 0 Å². The number of likely N-dealkylation sites (N-methyl/N-ethyl adjacent to an activating group) is 1. The molecule has 0 bridgehead atoms. The van der Waals surface area contributed by atoms with E-state index in [1.165, 1.54) is 7.05 Å². The summed E-state index contributed by atoms with van der Waals surface area (Å²) in [7, 11) is 1.23. The van der Waals surface area contributed by atoms with E-state index in [1.54, 1.807) is 4.90 Å². The Hall–Kier alpha value is -1.47. The van der Waals surface area contributed by atoms with E-state index in [9.17, 15) is 22.8 Å². The molecule has 2 amide bonds. The molecule has 104 valence electrons. The Balaban J connectivity index is 2.32. The number of nitrogens with zero attached hydrogens (tertiary/aromatic N) is 2. The van der Waals surface area contributed by atoms with Gasteiger partial charge in [-0.1, -0.05) is 0 Å². The average molecular weight is 268 g/mol. The highest BCUT2D eigenvalue weighted by molar-refractivity contribution is 5.82. The first-order valence-corrected chi connectivity index (χ1v) is 5.52. The van der Waals surface area contributed by atoms with E-state index in [4.69, 9.17) is 0 Å². The van der Waals surface area contributed by atoms with Crippen molar-refractivity contribution in [2.75, 3.05) is 33.3 Å². The number of alkyl halides is 3. The van der Waals surface area contributed by atoms with Crippen molar-refractivity contribution in [2.45, 2.75) is 19.0 Å². The van der Waals surface area contributed by atoms with E-state index >= 15 is 0 Å². The Labute approximate surface area is 102 Å². The first kappa shape index (κ1) is 14.6. The molecule has 0 unspecified atom stereocenters. The van der Waals surface area contributed by atoms with Crippen molar-refractivity contribution < 1.29 is 27.5 Å². The Morgan fingerprint density at radius 2 is 1.83 bits per heavy atom. The van der Waals surface area contributed by atoms with Crippen LogP contribution in [0.1, 0.15) is 12.8 Å². The molecule has 0 spiro atoms. The van der Waals surface area contributed by atoms with E-state index < -0.39 is 18.9 Å². The van der Waals surface area contributed by atoms with Crippen LogP contribution in [0.4, 0.5) is 18.0 Å². The number of amides is 2. The van der Waals surface area contributed by atoms with E-state index in [-0.39, 0.29) is 12.5 Å². The number of likely N-dealkylation sites (tertiary alicyclic amines) is 1. The maximum absolute atomic E-state index is 11.8. The van der Waals surface area contributed by atoms with Gasteiger partial charge in [0.25, 0.3) is 0 Å². The normalized spacial score (nSPS) is 15.7. The van der Waals surface area contributed by atoms with Gasteiger partial charge >= 0.3 is 12.3 Å². The first-order valence-electron chi connectivity index (χ1n) is 5.52. The summed E-state index contributed by atoms with van der Waals surface area (Å²) in [6.07, 6.45) is -3.89. The van der Waals surface area contributed by atoms with Crippen molar-refractivity contribution in [3.8, 4) is 0 Å². The molecule has 8 heteroatoms. The predicted molar refractivity (Wildman–Crippen MR) is 55.8 cm³/mol. The van der Waals surface area contributed by atoms with Gasteiger partial charge < -0.3 is 14.5 Å². The van der Waals surface area contributed by atoms with Gasteiger partial charge in [0, 0.05) is 20.1 Å². The number of carbonyl (C=O) groups excluding carboxylic acids is 2. The molecule has 1 aliphatic heterocycles. The monoisotopic (exact) mass is 268 g/mol. The highest BCUT2D eigenvalue weighted by atomic mass is 19.4. The third kappa shape index (κ3) is 4.80. The maximum atomic E-state index is 11.8. The lowest BCUT2D eigenvalue weighted by atomic mass is 10.4. The fraction of sp³-hybridized carbons (Fsp3) is 0.800. The van der Waals surface area contributed by atoms with E-state index in [0.717, 1.165) is 17.7 Å². The second kappa shape index (κ2) is 5.92. The third-order valence-corrected chi connectivity index (χ3v) is 2.50. The van der Waals surface area contributed by atoms with Gasteiger partial charge in [-0.3, -0.25) is 4.79 Å². The second-order valence-electron chi connectivity index (χ2n) is 4.11. The lowest BCUT2D eigenvalue weighted by Gasteiger charge is -2.21. The van der Waals surface area contributed by atoms with Crippen LogP contribution in [-0.4, -0.2) is 61.3 Å². The van der Waals surface area contributed by atoms with E-state index in [2.05, 4.69) is 4.74 Å². The maximum Gasteiger partial charge on any atom is 0.422 e. The molecule has 0 aromatic rings. The van der Waals surface area contributed by atoms with Gasteiger partial charge in [0.15, 0.2) is 6.61 Å². The molecule has 1 heterocycles. The minimum absolute atomic E-state index is 0.267. The van der Waals surface area contributed by atoms with Crippen molar-refractivity contribution in [2.24, 2.45) is 0 Å². The lowest BCUT2D eigenvalue weighted by Crippen LogP contribution is -2.40. The van der Waals surface area contributed by atoms with E-state index in [1.807, 2.05) is 0 Å². The third-order valence-electron chi connectivity index (χ3n) is 2.50. The molecule has 5 nitrogen and oxygen atoms in total. The van der Waals surface area contributed by atoms with Gasteiger partial charge in [0.2, 0.25) is 5.91 Å². The Morgan fingerprint density at radius 1 is 1.28 bits per heavy atom. The highest BCUT2D eigenvalue weighted by Gasteiger charge is 2.30. The summed E-state index contributed by atoms with van der Waals surface area (Å²) < 4.78 is 39.5. The second-order valence-corrected chi connectivity index (χ2v) is 4.11. The van der Waals surface area contributed by atoms with Gasteiger partial charge in [-0.05, 0) is 12.8 Å². The zero-order valence-electron chi connectivity index (χ0n) is 10.00. The summed E-state index contributed by atoms with van der Waals surface area (Å²) in [5, 5.41) is 0. The molecule has 0 radical (unpaired) electrons. The number of hydrogen-bond donors (Lipinski definition) is 0. The molecule has 0 N–H and O–H groups in total. The van der Waals surface area contributed by atoms with Crippen LogP contribution in [0.2, 0.25) is 0 Å². The average Bonchev–Trinajstić information content (AvgIpc) is 2.77. The summed E-state index contributed by atoms with van der Waals surface area (Å²) >= 11 is 0. The molecule has 0 saturated carbocycles. The van der Waals surface area contributed by atoms with E-state index in [0.29, 0.717) is 13.1 Å². The van der Waals surface area contributed by atoms with Gasteiger partial charge in [-0.25, -0.2) is 4.79 Å². The Kier molecular flexibility index (Phi) is 4.80. The van der Waals surface area contributed by atoms with Crippen molar-refractivity contribution in [3.05, 3.63) is 0 Å². The standard InChI is InChI=1S/C10H15F3N2O3/c1-14(9(17)18-7-10(11,12)13)6-8(16)15-4-2-3-5-15/h2-7H2,1H3. The molecule has 1 fully saturated rings. The molecular formula is C10H15F3N2O3. The van der Waals surface area contributed by atoms with Gasteiger partial charge in [0.1, 0.15) is 6.54 Å². The number of ether oxygens (including phenoxy) is 1. The SMILES string of the molecule is CN(CC(=O)N1CCCC1)C(=O)OCC(F)(F)F. The largest absolute Gasteiger partial charge is 0.440 e. The zero-order chi connectivity index (χ0) is 13.8. The van der Waals surface area contributed by atoms with Crippen LogP contribution in [0.5, 0.6) is 0 Å². The Morgan fingerprint density at radius 3 is 2.33 bits per heavy atom. The number of carbonyl (C=O) groups is 2. The zero-order valence-corrected chi connectivity index (χ0v) is 10.00. The number of rotatable bonds is 3. The fourth-order valence-electron chi connectivity index (χ4n) is 1.59. The fourth-order valence-corrected chi connectivity index (χ4v) is 1.59. The van der Waals surface area contributed by atoms with Crippen LogP contribution in [0.25, 0.3) is 0 Å². The lowest BCUT2D eigenvalue weighted by molar-refractivity contribution is -0.162. The molecule has 0 atom stereocenters. The highest BCUT2D eigenvalue weighted by Crippen LogP contribution is 2.15. The Bertz CT molecular complexity index is 314. The molecule has 1 saturated heterocycles. The van der Waals surface area contributed by atoms with Gasteiger partial charge in [0.05, 0.1) is 0 Å². The molecule has 0 aromatic heterocycles. The predicted octanol–water partition coefficient (Wildman–Crippen LogP) is 1.24. The van der Waals surface area contributed by atoms with Crippen molar-refractivity contribution in [3.63, 3.8) is 0 Å². The summed E-state index contributed by atoms with van der Waals surface area (Å²) in [4.78, 5) is 25.2. The minimum atomic E-state index is -4.56. The van der Waals surface area contributed by atoms with Crippen LogP contribution < -0.4 is 0 Å². The molecule has 0 aromatic carbocycles. The molecule has 1 aliphatic rings. The van der Waals surface area contributed by atoms with Crippen LogP contribution >= 0.6 is 0 Å². The molecule has 0 aliphatic carbocycles. The van der Waals surface area contributed by atoms with Gasteiger partial charge in [-0.2, -0.15) is 13.2 Å².